The molecule has 29 heavy (non-hydrogen) atoms. The van der Waals surface area contributed by atoms with Crippen molar-refractivity contribution in [2.24, 2.45) is 0 Å². The number of carbonyl (C=O) groups excluding carboxylic acids is 3. The molecule has 0 radical (unpaired) electrons. The molecule has 0 spiro atoms. The molecule has 0 aliphatic rings. The number of amides is 3. The lowest BCUT2D eigenvalue weighted by Crippen LogP contribution is -2.42. The Kier molecular flexibility index (Phi) is 6.33. The minimum Gasteiger partial charge on any atom is -0.467 e. The van der Waals surface area contributed by atoms with E-state index in [2.05, 4.69) is 21.2 Å². The SMILES string of the molecule is Cc1ccc2[nH]c(C)c(CC(=O)NNC(=O)CCC(=O)NCc3ccco3)c2c1. The van der Waals surface area contributed by atoms with E-state index in [0.29, 0.717) is 5.76 Å². The molecule has 0 atom stereocenters. The average Bonchev–Trinajstić information content (AvgIpc) is 3.31. The Balaban J connectivity index is 1.42. The summed E-state index contributed by atoms with van der Waals surface area (Å²) in [4.78, 5) is 39.1. The molecule has 0 unspecified atom stereocenters. The fourth-order valence-corrected chi connectivity index (χ4v) is 3.05. The number of hydrazine groups is 1. The number of furan rings is 1. The second kappa shape index (κ2) is 9.09. The summed E-state index contributed by atoms with van der Waals surface area (Å²) in [7, 11) is 0. The van der Waals surface area contributed by atoms with Crippen molar-refractivity contribution < 1.29 is 18.8 Å². The Morgan fingerprint density at radius 1 is 1.00 bits per heavy atom. The molecule has 3 amide bonds. The van der Waals surface area contributed by atoms with Gasteiger partial charge in [-0.2, -0.15) is 0 Å². The predicted molar refractivity (Wildman–Crippen MR) is 108 cm³/mol. The standard InChI is InChI=1S/C21H24N4O4/c1-13-5-6-18-17(10-13)16(14(2)23-18)11-21(28)25-24-20(27)8-7-19(26)22-12-15-4-3-9-29-15/h3-6,9-10,23H,7-8,11-12H2,1-2H3,(H,22,26)(H,24,27)(H,25,28). The molecule has 1 aromatic carbocycles. The maximum Gasteiger partial charge on any atom is 0.242 e. The second-order valence-electron chi connectivity index (χ2n) is 6.91. The van der Waals surface area contributed by atoms with Crippen LogP contribution in [0.15, 0.2) is 41.0 Å². The fraction of sp³-hybridized carbons (Fsp3) is 0.286. The number of nitrogens with one attached hydrogen (secondary N) is 4. The van der Waals surface area contributed by atoms with E-state index in [-0.39, 0.29) is 37.6 Å². The first-order chi connectivity index (χ1) is 13.9. The third-order valence-corrected chi connectivity index (χ3v) is 4.57. The number of aromatic nitrogens is 1. The summed E-state index contributed by atoms with van der Waals surface area (Å²) in [6.07, 6.45) is 1.65. The van der Waals surface area contributed by atoms with Crippen molar-refractivity contribution >= 4 is 28.6 Å². The van der Waals surface area contributed by atoms with E-state index in [9.17, 15) is 14.4 Å². The summed E-state index contributed by atoms with van der Waals surface area (Å²) in [5, 5.41) is 3.66. The minimum absolute atomic E-state index is 0.0171. The molecular weight excluding hydrogens is 372 g/mol. The molecule has 8 heteroatoms. The monoisotopic (exact) mass is 396 g/mol. The zero-order valence-electron chi connectivity index (χ0n) is 16.4. The number of fused-ring (bicyclic) bond motifs is 1. The molecule has 152 valence electrons. The Morgan fingerprint density at radius 3 is 2.52 bits per heavy atom. The lowest BCUT2D eigenvalue weighted by Gasteiger charge is -2.08. The van der Waals surface area contributed by atoms with Crippen LogP contribution in [0.3, 0.4) is 0 Å². The second-order valence-corrected chi connectivity index (χ2v) is 6.91. The number of rotatable bonds is 7. The minimum atomic E-state index is -0.432. The zero-order valence-corrected chi connectivity index (χ0v) is 16.4. The summed E-state index contributed by atoms with van der Waals surface area (Å²) < 4.78 is 5.12. The largest absolute Gasteiger partial charge is 0.467 e. The molecule has 2 aromatic heterocycles. The summed E-state index contributed by atoms with van der Waals surface area (Å²) in [5.41, 5.74) is 8.65. The van der Waals surface area contributed by atoms with Crippen molar-refractivity contribution in [1.29, 1.82) is 0 Å². The third kappa shape index (κ3) is 5.47. The number of carbonyl (C=O) groups is 3. The van der Waals surface area contributed by atoms with E-state index in [1.165, 1.54) is 6.26 Å². The van der Waals surface area contributed by atoms with Crippen LogP contribution in [0.25, 0.3) is 10.9 Å². The van der Waals surface area contributed by atoms with Crippen molar-refractivity contribution in [3.05, 3.63) is 59.2 Å². The molecule has 0 fully saturated rings. The molecule has 8 nitrogen and oxygen atoms in total. The van der Waals surface area contributed by atoms with Gasteiger partial charge in [0.2, 0.25) is 17.7 Å². The van der Waals surface area contributed by atoms with Crippen LogP contribution in [0.1, 0.15) is 35.4 Å². The quantitative estimate of drug-likeness (QED) is 0.458. The van der Waals surface area contributed by atoms with E-state index >= 15 is 0 Å². The zero-order chi connectivity index (χ0) is 20.8. The van der Waals surface area contributed by atoms with Gasteiger partial charge in [-0.25, -0.2) is 0 Å². The molecule has 0 saturated carbocycles. The maximum absolute atomic E-state index is 12.2. The number of hydrogen-bond donors (Lipinski definition) is 4. The summed E-state index contributed by atoms with van der Waals surface area (Å²) in [6.45, 7) is 4.18. The Morgan fingerprint density at radius 2 is 1.76 bits per heavy atom. The smallest absolute Gasteiger partial charge is 0.242 e. The van der Waals surface area contributed by atoms with Gasteiger partial charge in [0.05, 0.1) is 19.2 Å². The van der Waals surface area contributed by atoms with E-state index in [1.807, 2.05) is 32.0 Å². The first kappa shape index (κ1) is 20.2. The fourth-order valence-electron chi connectivity index (χ4n) is 3.05. The van der Waals surface area contributed by atoms with E-state index in [0.717, 1.165) is 27.7 Å². The molecule has 2 heterocycles. The average molecular weight is 396 g/mol. The summed E-state index contributed by atoms with van der Waals surface area (Å²) in [6, 6.07) is 9.50. The van der Waals surface area contributed by atoms with Gasteiger partial charge in [0.25, 0.3) is 0 Å². The first-order valence-corrected chi connectivity index (χ1v) is 9.37. The Labute approximate surface area is 168 Å². The van der Waals surface area contributed by atoms with Crippen LogP contribution in [-0.4, -0.2) is 22.7 Å². The highest BCUT2D eigenvalue weighted by atomic mass is 16.3. The van der Waals surface area contributed by atoms with Gasteiger partial charge in [-0.3, -0.25) is 25.2 Å². The topological polar surface area (TPSA) is 116 Å². The number of aromatic amines is 1. The lowest BCUT2D eigenvalue weighted by molar-refractivity contribution is -0.130. The van der Waals surface area contributed by atoms with Gasteiger partial charge in [0.15, 0.2) is 0 Å². The van der Waals surface area contributed by atoms with Gasteiger partial charge >= 0.3 is 0 Å². The van der Waals surface area contributed by atoms with Crippen LogP contribution in [0.5, 0.6) is 0 Å². The number of aryl methyl sites for hydroxylation is 2. The van der Waals surface area contributed by atoms with Crippen molar-refractivity contribution in [3.63, 3.8) is 0 Å². The van der Waals surface area contributed by atoms with Gasteiger partial charge in [0.1, 0.15) is 5.76 Å². The van der Waals surface area contributed by atoms with Crippen molar-refractivity contribution in [2.75, 3.05) is 0 Å². The van der Waals surface area contributed by atoms with Crippen LogP contribution < -0.4 is 16.2 Å². The molecule has 3 rings (SSSR count). The Hall–Kier alpha value is -3.55. The van der Waals surface area contributed by atoms with Crippen LogP contribution in [0, 0.1) is 13.8 Å². The van der Waals surface area contributed by atoms with Gasteiger partial charge in [-0.05, 0) is 43.7 Å². The highest BCUT2D eigenvalue weighted by Gasteiger charge is 2.14. The number of hydrogen-bond acceptors (Lipinski definition) is 4. The predicted octanol–water partition coefficient (Wildman–Crippen LogP) is 2.16. The number of H-pyrrole nitrogens is 1. The van der Waals surface area contributed by atoms with Gasteiger partial charge < -0.3 is 14.7 Å². The van der Waals surface area contributed by atoms with E-state index < -0.39 is 5.91 Å². The van der Waals surface area contributed by atoms with Gasteiger partial charge in [-0.1, -0.05) is 11.6 Å². The third-order valence-electron chi connectivity index (χ3n) is 4.57. The number of benzene rings is 1. The van der Waals surface area contributed by atoms with Gasteiger partial charge in [0, 0.05) is 29.4 Å². The highest BCUT2D eigenvalue weighted by molar-refractivity contribution is 5.91. The first-order valence-electron chi connectivity index (χ1n) is 9.37. The highest BCUT2D eigenvalue weighted by Crippen LogP contribution is 2.23. The normalized spacial score (nSPS) is 10.7. The van der Waals surface area contributed by atoms with Gasteiger partial charge in [-0.15, -0.1) is 0 Å². The van der Waals surface area contributed by atoms with Crippen molar-refractivity contribution in [3.8, 4) is 0 Å². The van der Waals surface area contributed by atoms with E-state index in [4.69, 9.17) is 4.42 Å². The molecule has 0 aliphatic carbocycles. The lowest BCUT2D eigenvalue weighted by atomic mass is 10.1. The molecule has 0 saturated heterocycles. The van der Waals surface area contributed by atoms with Crippen LogP contribution in [0.4, 0.5) is 0 Å². The molecular formula is C21H24N4O4. The maximum atomic E-state index is 12.2. The van der Waals surface area contributed by atoms with Crippen LogP contribution >= 0.6 is 0 Å². The summed E-state index contributed by atoms with van der Waals surface area (Å²) in [5.74, 6) is -0.394. The molecule has 0 aliphatic heterocycles. The van der Waals surface area contributed by atoms with Crippen LogP contribution in [0.2, 0.25) is 0 Å². The summed E-state index contributed by atoms with van der Waals surface area (Å²) >= 11 is 0. The van der Waals surface area contributed by atoms with Crippen molar-refractivity contribution in [2.45, 2.75) is 39.7 Å². The molecule has 3 aromatic rings. The van der Waals surface area contributed by atoms with E-state index in [1.54, 1.807) is 12.1 Å². The molecule has 0 bridgehead atoms. The molecule has 4 N–H and O–H groups in total. The van der Waals surface area contributed by atoms with Crippen LogP contribution in [-0.2, 0) is 27.3 Å². The Bertz CT molecular complexity index is 1020. The van der Waals surface area contributed by atoms with Crippen molar-refractivity contribution in [1.82, 2.24) is 21.2 Å².